The van der Waals surface area contributed by atoms with Crippen molar-refractivity contribution in [1.82, 2.24) is 29.0 Å². The molecule has 3 N–H and O–H groups in total. The minimum absolute atomic E-state index is 0.138. The van der Waals surface area contributed by atoms with Crippen molar-refractivity contribution < 1.29 is 13.7 Å². The highest BCUT2D eigenvalue weighted by Crippen LogP contribution is 2.36. The zero-order valence-corrected chi connectivity index (χ0v) is 20.6. The molecule has 182 valence electrons. The van der Waals surface area contributed by atoms with Gasteiger partial charge in [-0.25, -0.2) is 18.5 Å². The fourth-order valence-electron chi connectivity index (χ4n) is 4.23. The Kier molecular flexibility index (Phi) is 6.41. The molecular weight excluding hydrogens is 492 g/mol. The lowest BCUT2D eigenvalue weighted by Gasteiger charge is -2.17. The van der Waals surface area contributed by atoms with Crippen LogP contribution < -0.4 is 15.4 Å². The van der Waals surface area contributed by atoms with E-state index in [9.17, 15) is 9.00 Å². The Bertz CT molecular complexity index is 1420. The SMILES string of the molecule is COc1nn(C)cc1Nc1ncc(Cl)c(-c2c[nH]c3c(NC(=O)[C@@H]4CCCN4[SH]=O)cccc23)n1. The van der Waals surface area contributed by atoms with E-state index in [0.29, 0.717) is 46.9 Å². The number of halogens is 1. The number of aromatic amines is 1. The maximum absolute atomic E-state index is 12.9. The monoisotopic (exact) mass is 514 g/mol. The summed E-state index contributed by atoms with van der Waals surface area (Å²) in [5.41, 5.74) is 3.25. The number of para-hydroxylation sites is 1. The number of methoxy groups -OCH3 is 1. The van der Waals surface area contributed by atoms with Gasteiger partial charge in [-0.05, 0) is 18.9 Å². The molecule has 35 heavy (non-hydrogen) atoms. The lowest BCUT2D eigenvalue weighted by Crippen LogP contribution is -2.37. The van der Waals surface area contributed by atoms with Gasteiger partial charge in [0.05, 0.1) is 53.3 Å². The largest absolute Gasteiger partial charge is 0.478 e. The first-order chi connectivity index (χ1) is 17.0. The van der Waals surface area contributed by atoms with E-state index >= 15 is 0 Å². The summed E-state index contributed by atoms with van der Waals surface area (Å²) in [7, 11) is 3.32. The quantitative estimate of drug-likeness (QED) is 0.279. The number of fused-ring (bicyclic) bond motifs is 1. The standard InChI is InChI=1S/C22H23ClN8O3S/c1-30-11-16(21(29-30)34-2)27-22-25-10-14(23)18(28-22)13-9-24-19-12(13)5-3-6-15(19)26-20(32)17-7-4-8-31(17)35-33/h3,5-6,9-11,17,24,35H,4,7-8H2,1-2H3,(H,26,32)(H,25,27,28)/t17-/m0/s1. The third kappa shape index (κ3) is 4.47. The number of rotatable bonds is 7. The maximum atomic E-state index is 12.9. The summed E-state index contributed by atoms with van der Waals surface area (Å²) < 4.78 is 19.9. The first kappa shape index (κ1) is 23.3. The molecule has 1 amide bonds. The minimum Gasteiger partial charge on any atom is -0.478 e. The average Bonchev–Trinajstić information content (AvgIpc) is 3.58. The van der Waals surface area contributed by atoms with E-state index in [1.165, 1.54) is 13.3 Å². The fraction of sp³-hybridized carbons (Fsp3) is 0.273. The average molecular weight is 515 g/mol. The zero-order valence-electron chi connectivity index (χ0n) is 18.9. The van der Waals surface area contributed by atoms with E-state index < -0.39 is 6.04 Å². The highest BCUT2D eigenvalue weighted by atomic mass is 35.5. The molecule has 4 aromatic rings. The Labute approximate surface area is 209 Å². The predicted octanol–water partition coefficient (Wildman–Crippen LogP) is 3.03. The van der Waals surface area contributed by atoms with Crippen molar-refractivity contribution in [1.29, 1.82) is 0 Å². The normalized spacial score (nSPS) is 16.0. The summed E-state index contributed by atoms with van der Waals surface area (Å²) in [6.07, 6.45) is 6.57. The highest BCUT2D eigenvalue weighted by molar-refractivity contribution is 7.63. The van der Waals surface area contributed by atoms with Gasteiger partial charge in [0.1, 0.15) is 11.7 Å². The third-order valence-corrected chi connectivity index (χ3v) is 6.80. The lowest BCUT2D eigenvalue weighted by molar-refractivity contribution is -0.119. The van der Waals surface area contributed by atoms with Crippen molar-refractivity contribution in [3.8, 4) is 17.1 Å². The summed E-state index contributed by atoms with van der Waals surface area (Å²) in [5.74, 6) is 0.552. The number of thiol groups is 1. The number of hydrogen-bond donors (Lipinski definition) is 4. The number of H-pyrrole nitrogens is 1. The van der Waals surface area contributed by atoms with E-state index in [1.54, 1.807) is 28.4 Å². The molecule has 5 rings (SSSR count). The first-order valence-electron chi connectivity index (χ1n) is 10.9. The molecule has 13 heteroatoms. The van der Waals surface area contributed by atoms with Gasteiger partial charge in [0.25, 0.3) is 5.88 Å². The molecule has 0 unspecified atom stereocenters. The second-order valence-corrected chi connectivity index (χ2v) is 9.15. The van der Waals surface area contributed by atoms with Crippen LogP contribution in [0.4, 0.5) is 17.3 Å². The Morgan fingerprint density at radius 2 is 2.20 bits per heavy atom. The molecule has 1 aliphatic rings. The van der Waals surface area contributed by atoms with Crippen LogP contribution in [-0.4, -0.2) is 58.9 Å². The molecule has 0 radical (unpaired) electrons. The molecule has 1 fully saturated rings. The van der Waals surface area contributed by atoms with Gasteiger partial charge in [-0.3, -0.25) is 9.48 Å². The summed E-state index contributed by atoms with van der Waals surface area (Å²) in [4.78, 5) is 25.0. The van der Waals surface area contributed by atoms with Crippen LogP contribution in [0.1, 0.15) is 12.8 Å². The molecule has 3 aromatic heterocycles. The predicted molar refractivity (Wildman–Crippen MR) is 135 cm³/mol. The molecule has 11 nitrogen and oxygen atoms in total. The number of aryl methyl sites for hydroxylation is 1. The molecule has 1 atom stereocenters. The number of carbonyl (C=O) groups excluding carboxylic acids is 1. The van der Waals surface area contributed by atoms with Gasteiger partial charge in [-0.15, -0.1) is 5.10 Å². The molecule has 0 spiro atoms. The maximum Gasteiger partial charge on any atom is 0.256 e. The number of ether oxygens (including phenoxy) is 1. The smallest absolute Gasteiger partial charge is 0.256 e. The second-order valence-electron chi connectivity index (χ2n) is 8.06. The Hall–Kier alpha value is -3.48. The Morgan fingerprint density at radius 3 is 3.00 bits per heavy atom. The molecule has 1 saturated heterocycles. The molecular formula is C22H23ClN8O3S. The van der Waals surface area contributed by atoms with Crippen molar-refractivity contribution in [3.05, 3.63) is 41.8 Å². The third-order valence-electron chi connectivity index (χ3n) is 5.84. The number of hydrogen-bond acceptors (Lipinski definition) is 7. The van der Waals surface area contributed by atoms with E-state index in [-0.39, 0.29) is 17.8 Å². The van der Waals surface area contributed by atoms with Gasteiger partial charge in [0, 0.05) is 30.7 Å². The van der Waals surface area contributed by atoms with Gasteiger partial charge in [0.15, 0.2) is 0 Å². The van der Waals surface area contributed by atoms with Gasteiger partial charge in [0.2, 0.25) is 11.9 Å². The van der Waals surface area contributed by atoms with Crippen LogP contribution in [0, 0.1) is 0 Å². The summed E-state index contributed by atoms with van der Waals surface area (Å²) >= 11 is 6.34. The van der Waals surface area contributed by atoms with Crippen molar-refractivity contribution >= 4 is 57.6 Å². The number of aromatic nitrogens is 5. The van der Waals surface area contributed by atoms with Crippen molar-refractivity contribution in [2.24, 2.45) is 7.05 Å². The van der Waals surface area contributed by atoms with Gasteiger partial charge < -0.3 is 20.4 Å². The van der Waals surface area contributed by atoms with Crippen LogP contribution in [0.25, 0.3) is 22.2 Å². The Morgan fingerprint density at radius 1 is 1.34 bits per heavy atom. The fourth-order valence-corrected chi connectivity index (χ4v) is 4.98. The molecule has 0 saturated carbocycles. The molecule has 4 heterocycles. The van der Waals surface area contributed by atoms with Crippen LogP contribution in [0.15, 0.2) is 36.8 Å². The van der Waals surface area contributed by atoms with E-state index in [2.05, 4.69) is 30.7 Å². The number of amides is 1. The highest BCUT2D eigenvalue weighted by Gasteiger charge is 2.30. The van der Waals surface area contributed by atoms with E-state index in [4.69, 9.17) is 16.3 Å². The van der Waals surface area contributed by atoms with Crippen molar-refractivity contribution in [3.63, 3.8) is 0 Å². The van der Waals surface area contributed by atoms with Crippen LogP contribution in [0.2, 0.25) is 5.02 Å². The lowest BCUT2D eigenvalue weighted by atomic mass is 10.1. The number of benzene rings is 1. The molecule has 0 aliphatic carbocycles. The second kappa shape index (κ2) is 9.64. The van der Waals surface area contributed by atoms with E-state index in [0.717, 1.165) is 22.9 Å². The van der Waals surface area contributed by atoms with Gasteiger partial charge >= 0.3 is 0 Å². The molecule has 1 aromatic carbocycles. The minimum atomic E-state index is -0.423. The van der Waals surface area contributed by atoms with Gasteiger partial charge in [-0.2, -0.15) is 0 Å². The number of carbonyl (C=O) groups is 1. The van der Waals surface area contributed by atoms with Crippen LogP contribution in [-0.2, 0) is 23.7 Å². The summed E-state index contributed by atoms with van der Waals surface area (Å²) in [6.45, 7) is 0.632. The number of nitrogens with zero attached hydrogens (tertiary/aromatic N) is 5. The molecule has 0 bridgehead atoms. The van der Waals surface area contributed by atoms with Gasteiger partial charge in [-0.1, -0.05) is 23.7 Å². The Balaban J connectivity index is 1.46. The van der Waals surface area contributed by atoms with Crippen LogP contribution >= 0.6 is 11.6 Å². The van der Waals surface area contributed by atoms with Crippen molar-refractivity contribution in [2.45, 2.75) is 18.9 Å². The topological polar surface area (TPSA) is 130 Å². The van der Waals surface area contributed by atoms with E-state index in [1.807, 2.05) is 18.2 Å². The van der Waals surface area contributed by atoms with Crippen LogP contribution in [0.3, 0.4) is 0 Å². The van der Waals surface area contributed by atoms with Crippen molar-refractivity contribution in [2.75, 3.05) is 24.3 Å². The van der Waals surface area contributed by atoms with Crippen LogP contribution in [0.5, 0.6) is 5.88 Å². The number of nitrogens with one attached hydrogen (secondary N) is 3. The number of anilines is 3. The zero-order chi connectivity index (χ0) is 24.5. The summed E-state index contributed by atoms with van der Waals surface area (Å²) in [5, 5.41) is 11.5. The summed E-state index contributed by atoms with van der Waals surface area (Å²) in [6, 6.07) is 5.17. The first-order valence-corrected chi connectivity index (χ1v) is 12.0. The molecule has 1 aliphatic heterocycles.